The van der Waals surface area contributed by atoms with Crippen LogP contribution in [0.2, 0.25) is 0 Å². The Morgan fingerprint density at radius 2 is 1.80 bits per heavy atom. The predicted molar refractivity (Wildman–Crippen MR) is 97.3 cm³/mol. The number of hydrogen-bond acceptors (Lipinski definition) is 10. The summed E-state index contributed by atoms with van der Waals surface area (Å²) >= 11 is 0. The van der Waals surface area contributed by atoms with E-state index in [1.807, 2.05) is 0 Å². The Bertz CT molecular complexity index is 810. The third kappa shape index (κ3) is 6.21. The minimum absolute atomic E-state index is 0.0955. The van der Waals surface area contributed by atoms with Gasteiger partial charge in [-0.25, -0.2) is 0 Å². The molecule has 0 aliphatic carbocycles. The molecule has 15 heteroatoms. The maximum absolute atomic E-state index is 12.1. The lowest BCUT2D eigenvalue weighted by Gasteiger charge is -2.31. The molecular formula is C15H20N6O9. The molecule has 2 rings (SSSR count). The van der Waals surface area contributed by atoms with Crippen LogP contribution in [0, 0.1) is 25.4 Å². The lowest BCUT2D eigenvalue weighted by atomic mass is 10.2. The van der Waals surface area contributed by atoms with Crippen LogP contribution in [0.3, 0.4) is 0 Å². The largest absolute Gasteiger partial charge is 0.569 e. The van der Waals surface area contributed by atoms with Gasteiger partial charge in [0.05, 0.1) is 47.2 Å². The summed E-state index contributed by atoms with van der Waals surface area (Å²) in [6.45, 7) is 1.38. The van der Waals surface area contributed by atoms with Crippen molar-refractivity contribution in [2.24, 2.45) is 5.28 Å². The van der Waals surface area contributed by atoms with Gasteiger partial charge in [0.25, 0.3) is 5.69 Å². The van der Waals surface area contributed by atoms with Crippen molar-refractivity contribution in [1.82, 2.24) is 9.91 Å². The molecule has 0 bridgehead atoms. The fourth-order valence-corrected chi connectivity index (χ4v) is 2.48. The van der Waals surface area contributed by atoms with Crippen LogP contribution in [0.5, 0.6) is 5.75 Å². The average Bonchev–Trinajstić information content (AvgIpc) is 2.74. The van der Waals surface area contributed by atoms with Gasteiger partial charge in [0.1, 0.15) is 6.61 Å². The van der Waals surface area contributed by atoms with Crippen LogP contribution in [-0.4, -0.2) is 83.7 Å². The van der Waals surface area contributed by atoms with Gasteiger partial charge in [-0.05, 0) is 6.07 Å². The third-order valence-corrected chi connectivity index (χ3v) is 4.07. The fourth-order valence-electron chi connectivity index (χ4n) is 2.48. The lowest BCUT2D eigenvalue weighted by molar-refractivity contribution is -0.708. The van der Waals surface area contributed by atoms with Crippen molar-refractivity contribution in [3.63, 3.8) is 0 Å². The predicted octanol–water partition coefficient (Wildman–Crippen LogP) is 0.482. The highest BCUT2D eigenvalue weighted by molar-refractivity contribution is 5.77. The molecule has 1 aromatic rings. The molecule has 0 saturated carbocycles. The molecule has 164 valence electrons. The summed E-state index contributed by atoms with van der Waals surface area (Å²) in [5.41, 5.74) is -1.20. The minimum atomic E-state index is -0.883. The molecule has 0 spiro atoms. The van der Waals surface area contributed by atoms with Gasteiger partial charge in [-0.1, -0.05) is 0 Å². The molecule has 15 nitrogen and oxygen atoms in total. The van der Waals surface area contributed by atoms with Crippen LogP contribution < -0.4 is 4.84 Å². The smallest absolute Gasteiger partial charge is 0.321 e. The molecule has 30 heavy (non-hydrogen) atoms. The third-order valence-electron chi connectivity index (χ3n) is 4.07. The number of nitrogens with zero attached hydrogens (tertiary/aromatic N) is 6. The normalized spacial score (nSPS) is 14.5. The van der Waals surface area contributed by atoms with E-state index in [1.165, 1.54) is 17.0 Å². The number of amides is 1. The van der Waals surface area contributed by atoms with Crippen LogP contribution in [0.4, 0.5) is 11.4 Å². The summed E-state index contributed by atoms with van der Waals surface area (Å²) < 4.78 is 9.98. The first-order valence-electron chi connectivity index (χ1n) is 8.71. The number of piperazine rings is 1. The van der Waals surface area contributed by atoms with Crippen LogP contribution in [0.15, 0.2) is 23.5 Å². The van der Waals surface area contributed by atoms with Crippen molar-refractivity contribution in [3.05, 3.63) is 43.6 Å². The second-order valence-corrected chi connectivity index (χ2v) is 5.97. The van der Waals surface area contributed by atoms with E-state index in [0.717, 1.165) is 12.1 Å². The standard InChI is InChI=1S/C15H20N6O9/c1-28-8-9-29-11-15(22)17-4-6-18(7-5-17)21(27)16-30-14-3-2-12(19(23)24)10-13(14)20(25)26/h2-3,10H,4-9,11H2,1H3/b21-16-. The summed E-state index contributed by atoms with van der Waals surface area (Å²) in [7, 11) is 1.52. The van der Waals surface area contributed by atoms with Gasteiger partial charge >= 0.3 is 5.69 Å². The summed E-state index contributed by atoms with van der Waals surface area (Å²) in [6, 6.07) is 2.68. The number of hydrogen-bond donors (Lipinski definition) is 0. The quantitative estimate of drug-likeness (QED) is 0.167. The van der Waals surface area contributed by atoms with E-state index in [-0.39, 0.29) is 43.7 Å². The zero-order chi connectivity index (χ0) is 22.1. The Kier molecular flexibility index (Phi) is 8.18. The van der Waals surface area contributed by atoms with E-state index in [0.29, 0.717) is 19.3 Å². The van der Waals surface area contributed by atoms with Crippen LogP contribution >= 0.6 is 0 Å². The lowest BCUT2D eigenvalue weighted by Crippen LogP contribution is -2.51. The summed E-state index contributed by atoms with van der Waals surface area (Å²) in [4.78, 5) is 38.6. The zero-order valence-electron chi connectivity index (χ0n) is 16.0. The average molecular weight is 428 g/mol. The van der Waals surface area contributed by atoms with E-state index in [1.54, 1.807) is 0 Å². The van der Waals surface area contributed by atoms with Crippen molar-refractivity contribution in [2.75, 3.05) is 53.1 Å². The number of hydrazine groups is 1. The molecule has 1 fully saturated rings. The van der Waals surface area contributed by atoms with E-state index in [2.05, 4.69) is 5.28 Å². The molecule has 0 N–H and O–H groups in total. The van der Waals surface area contributed by atoms with Crippen molar-refractivity contribution in [2.45, 2.75) is 0 Å². The van der Waals surface area contributed by atoms with Gasteiger partial charge in [0.2, 0.25) is 16.9 Å². The maximum Gasteiger partial charge on any atom is 0.321 e. The number of carbonyl (C=O) groups excluding carboxylic acids is 1. The van der Waals surface area contributed by atoms with Crippen molar-refractivity contribution >= 4 is 17.3 Å². The molecule has 0 radical (unpaired) electrons. The van der Waals surface area contributed by atoms with Crippen LogP contribution in [-0.2, 0) is 14.3 Å². The summed E-state index contributed by atoms with van der Waals surface area (Å²) in [6.07, 6.45) is 0. The van der Waals surface area contributed by atoms with Gasteiger partial charge < -0.3 is 19.6 Å². The van der Waals surface area contributed by atoms with Gasteiger partial charge in [0.15, 0.2) is 0 Å². The SMILES string of the molecule is COCCOCC(=O)N1CCN(/[N+]([O-])=N/Oc2ccc([N+](=O)[O-])cc2[N+](=O)[O-])CC1. The van der Waals surface area contributed by atoms with Gasteiger partial charge in [-0.15, -0.1) is 5.01 Å². The van der Waals surface area contributed by atoms with Gasteiger partial charge in [-0.3, -0.25) is 29.9 Å². The number of ether oxygens (including phenoxy) is 2. The monoisotopic (exact) mass is 428 g/mol. The van der Waals surface area contributed by atoms with Crippen molar-refractivity contribution < 1.29 is 33.9 Å². The second-order valence-electron chi connectivity index (χ2n) is 5.97. The highest BCUT2D eigenvalue weighted by Gasteiger charge is 2.26. The molecule has 1 aliphatic heterocycles. The number of non-ortho nitro benzene ring substituents is 1. The van der Waals surface area contributed by atoms with Gasteiger partial charge in [-0.2, -0.15) is 0 Å². The first-order valence-corrected chi connectivity index (χ1v) is 8.71. The number of methoxy groups -OCH3 is 1. The van der Waals surface area contributed by atoms with Crippen LogP contribution in [0.25, 0.3) is 0 Å². The number of nitro benzene ring substituents is 2. The Balaban J connectivity index is 1.91. The minimum Gasteiger partial charge on any atom is -0.569 e. The first kappa shape index (κ1) is 22.7. The Hall–Kier alpha value is -3.59. The molecule has 1 amide bonds. The van der Waals surface area contributed by atoms with E-state index >= 15 is 0 Å². The molecular weight excluding hydrogens is 408 g/mol. The highest BCUT2D eigenvalue weighted by Crippen LogP contribution is 2.31. The van der Waals surface area contributed by atoms with E-state index in [9.17, 15) is 30.2 Å². The maximum atomic E-state index is 12.1. The molecule has 0 atom stereocenters. The summed E-state index contributed by atoms with van der Waals surface area (Å²) in [5.74, 6) is -0.647. The van der Waals surface area contributed by atoms with Gasteiger partial charge in [0, 0.05) is 26.3 Å². The van der Waals surface area contributed by atoms with E-state index < -0.39 is 27.0 Å². The number of nitro groups is 2. The Morgan fingerprint density at radius 3 is 2.40 bits per heavy atom. The molecule has 1 aliphatic rings. The fraction of sp³-hybridized carbons (Fsp3) is 0.533. The van der Waals surface area contributed by atoms with E-state index in [4.69, 9.17) is 14.3 Å². The molecule has 1 saturated heterocycles. The second kappa shape index (κ2) is 10.8. The Labute approximate surface area is 169 Å². The number of carbonyl (C=O) groups is 1. The molecule has 0 unspecified atom stereocenters. The van der Waals surface area contributed by atoms with Crippen molar-refractivity contribution in [3.8, 4) is 5.75 Å². The zero-order valence-corrected chi connectivity index (χ0v) is 16.0. The first-order chi connectivity index (χ1) is 14.3. The summed E-state index contributed by atoms with van der Waals surface area (Å²) in [5, 5.41) is 38.4. The van der Waals surface area contributed by atoms with Crippen molar-refractivity contribution in [1.29, 1.82) is 0 Å². The molecule has 0 aromatic heterocycles. The number of rotatable bonds is 10. The van der Waals surface area contributed by atoms with Crippen LogP contribution in [0.1, 0.15) is 0 Å². The highest BCUT2D eigenvalue weighted by atomic mass is 16.7. The molecule has 1 heterocycles. The Morgan fingerprint density at radius 1 is 1.10 bits per heavy atom. The topological polar surface area (TPSA) is 176 Å². The molecule has 1 aromatic carbocycles. The number of benzene rings is 1.